The quantitative estimate of drug-likeness (QED) is 0.545. The van der Waals surface area contributed by atoms with Crippen LogP contribution >= 0.6 is 0 Å². The summed E-state index contributed by atoms with van der Waals surface area (Å²) in [5, 5.41) is 8.01. The van der Waals surface area contributed by atoms with Gasteiger partial charge < -0.3 is 19.7 Å². The number of aromatic nitrogens is 3. The SMILES string of the molecule is CCOC(=O)C1(Cc2cccc(Nc3cc(C)nn3C(C)(C)C)n2)CCN(C(=O)OC(C)(C)C)CC1. The van der Waals surface area contributed by atoms with Gasteiger partial charge in [0, 0.05) is 31.3 Å². The topological polar surface area (TPSA) is 98.6 Å². The number of pyridine rings is 1. The van der Waals surface area contributed by atoms with Crippen molar-refractivity contribution < 1.29 is 19.1 Å². The third kappa shape index (κ3) is 6.77. The summed E-state index contributed by atoms with van der Waals surface area (Å²) in [6, 6.07) is 7.76. The Balaban J connectivity index is 1.79. The minimum absolute atomic E-state index is 0.190. The third-order valence-electron chi connectivity index (χ3n) is 6.13. The van der Waals surface area contributed by atoms with Crippen molar-refractivity contribution in [1.82, 2.24) is 19.7 Å². The van der Waals surface area contributed by atoms with Gasteiger partial charge in [0.2, 0.25) is 0 Å². The molecule has 2 aromatic heterocycles. The van der Waals surface area contributed by atoms with Crippen molar-refractivity contribution in [1.29, 1.82) is 0 Å². The van der Waals surface area contributed by atoms with E-state index in [4.69, 9.17) is 14.5 Å². The summed E-state index contributed by atoms with van der Waals surface area (Å²) in [7, 11) is 0. The molecule has 1 aliphatic rings. The fourth-order valence-corrected chi connectivity index (χ4v) is 4.41. The van der Waals surface area contributed by atoms with E-state index >= 15 is 0 Å². The van der Waals surface area contributed by atoms with Crippen molar-refractivity contribution in [2.45, 2.75) is 85.8 Å². The molecule has 0 unspecified atom stereocenters. The number of esters is 1. The molecule has 1 amide bonds. The zero-order valence-corrected chi connectivity index (χ0v) is 23.0. The van der Waals surface area contributed by atoms with E-state index < -0.39 is 11.0 Å². The molecule has 9 nitrogen and oxygen atoms in total. The second-order valence-corrected chi connectivity index (χ2v) is 11.5. The lowest BCUT2D eigenvalue weighted by atomic mass is 9.74. The van der Waals surface area contributed by atoms with Gasteiger partial charge in [-0.2, -0.15) is 5.10 Å². The molecule has 0 radical (unpaired) electrons. The maximum absolute atomic E-state index is 13.2. The molecule has 0 saturated carbocycles. The zero-order valence-electron chi connectivity index (χ0n) is 23.0. The normalized spacial score (nSPS) is 15.9. The Labute approximate surface area is 214 Å². The van der Waals surface area contributed by atoms with Gasteiger partial charge in [-0.3, -0.25) is 4.79 Å². The van der Waals surface area contributed by atoms with Gasteiger partial charge in [0.25, 0.3) is 0 Å². The number of amides is 1. The van der Waals surface area contributed by atoms with Crippen LogP contribution in [0.4, 0.5) is 16.4 Å². The molecule has 36 heavy (non-hydrogen) atoms. The highest BCUT2D eigenvalue weighted by molar-refractivity contribution is 5.78. The van der Waals surface area contributed by atoms with Crippen LogP contribution in [0.5, 0.6) is 0 Å². The van der Waals surface area contributed by atoms with Gasteiger partial charge in [-0.15, -0.1) is 0 Å². The van der Waals surface area contributed by atoms with E-state index in [1.54, 1.807) is 4.90 Å². The van der Waals surface area contributed by atoms with Crippen molar-refractivity contribution in [3.8, 4) is 0 Å². The van der Waals surface area contributed by atoms with E-state index in [0.29, 0.717) is 44.8 Å². The summed E-state index contributed by atoms with van der Waals surface area (Å²) in [4.78, 5) is 32.2. The first-order chi connectivity index (χ1) is 16.7. The number of ether oxygens (including phenoxy) is 2. The zero-order chi connectivity index (χ0) is 26.7. The molecule has 0 atom stereocenters. The number of aryl methyl sites for hydroxylation is 1. The Morgan fingerprint density at radius 1 is 1.11 bits per heavy atom. The van der Waals surface area contributed by atoms with Gasteiger partial charge in [-0.05, 0) is 80.4 Å². The molecule has 0 aliphatic carbocycles. The van der Waals surface area contributed by atoms with Gasteiger partial charge in [0.1, 0.15) is 17.2 Å². The van der Waals surface area contributed by atoms with Gasteiger partial charge in [0.15, 0.2) is 0 Å². The Morgan fingerprint density at radius 3 is 2.36 bits per heavy atom. The van der Waals surface area contributed by atoms with Crippen LogP contribution < -0.4 is 5.32 Å². The van der Waals surface area contributed by atoms with Gasteiger partial charge in [-0.1, -0.05) is 6.07 Å². The van der Waals surface area contributed by atoms with Crippen molar-refractivity contribution in [2.24, 2.45) is 5.41 Å². The number of likely N-dealkylation sites (tertiary alicyclic amines) is 1. The van der Waals surface area contributed by atoms with Gasteiger partial charge in [-0.25, -0.2) is 14.5 Å². The highest BCUT2D eigenvalue weighted by Gasteiger charge is 2.44. The number of carbonyl (C=O) groups is 2. The van der Waals surface area contributed by atoms with E-state index in [1.807, 2.05) is 63.6 Å². The Morgan fingerprint density at radius 2 is 1.78 bits per heavy atom. The predicted molar refractivity (Wildman–Crippen MR) is 139 cm³/mol. The number of nitrogens with zero attached hydrogens (tertiary/aromatic N) is 4. The smallest absolute Gasteiger partial charge is 0.410 e. The van der Waals surface area contributed by atoms with Gasteiger partial charge in [0.05, 0.1) is 23.3 Å². The highest BCUT2D eigenvalue weighted by atomic mass is 16.6. The molecule has 2 aromatic rings. The molecule has 1 saturated heterocycles. The van der Waals surface area contributed by atoms with Crippen LogP contribution in [-0.4, -0.2) is 57.0 Å². The highest BCUT2D eigenvalue weighted by Crippen LogP contribution is 2.37. The first-order valence-corrected chi connectivity index (χ1v) is 12.7. The number of anilines is 2. The number of hydrogen-bond acceptors (Lipinski definition) is 7. The summed E-state index contributed by atoms with van der Waals surface area (Å²) < 4.78 is 13.0. The van der Waals surface area contributed by atoms with E-state index in [9.17, 15) is 9.59 Å². The molecule has 0 aromatic carbocycles. The molecule has 3 heterocycles. The summed E-state index contributed by atoms with van der Waals surface area (Å²) in [5.74, 6) is 1.30. The van der Waals surface area contributed by atoms with Crippen LogP contribution in [0.1, 0.15) is 72.7 Å². The van der Waals surface area contributed by atoms with Crippen LogP contribution in [0.15, 0.2) is 24.3 Å². The molecule has 1 N–H and O–H groups in total. The summed E-state index contributed by atoms with van der Waals surface area (Å²) >= 11 is 0. The Bertz CT molecular complexity index is 1070. The molecule has 0 spiro atoms. The minimum Gasteiger partial charge on any atom is -0.466 e. The standard InChI is InChI=1S/C27H41N5O4/c1-9-35-23(33)27(13-15-31(16-14-27)24(34)36-26(6,7)8)18-20-11-10-12-21(28-20)29-22-17-19(2)30-32(22)25(3,4)5/h10-12,17H,9,13-16,18H2,1-8H3,(H,28,29). The van der Waals surface area contributed by atoms with E-state index in [1.165, 1.54) is 0 Å². The lowest BCUT2D eigenvalue weighted by Gasteiger charge is -2.40. The van der Waals surface area contributed by atoms with Crippen LogP contribution in [-0.2, 0) is 26.2 Å². The number of piperidine rings is 1. The molecule has 198 valence electrons. The summed E-state index contributed by atoms with van der Waals surface area (Å²) in [5.41, 5.74) is 0.207. The summed E-state index contributed by atoms with van der Waals surface area (Å²) in [6.45, 7) is 16.8. The lowest BCUT2D eigenvalue weighted by molar-refractivity contribution is -0.158. The predicted octanol–water partition coefficient (Wildman–Crippen LogP) is 5.21. The van der Waals surface area contributed by atoms with Crippen LogP contribution in [0.2, 0.25) is 0 Å². The van der Waals surface area contributed by atoms with Crippen LogP contribution in [0.3, 0.4) is 0 Å². The molecule has 9 heteroatoms. The maximum atomic E-state index is 13.2. The first-order valence-electron chi connectivity index (χ1n) is 12.7. The van der Waals surface area contributed by atoms with E-state index in [0.717, 1.165) is 17.2 Å². The number of nitrogens with one attached hydrogen (secondary N) is 1. The average Bonchev–Trinajstić information content (AvgIpc) is 3.14. The van der Waals surface area contributed by atoms with Crippen molar-refractivity contribution >= 4 is 23.7 Å². The number of hydrogen-bond donors (Lipinski definition) is 1. The van der Waals surface area contributed by atoms with Gasteiger partial charge >= 0.3 is 12.1 Å². The van der Waals surface area contributed by atoms with Crippen molar-refractivity contribution in [3.63, 3.8) is 0 Å². The maximum Gasteiger partial charge on any atom is 0.410 e. The third-order valence-corrected chi connectivity index (χ3v) is 6.13. The average molecular weight is 500 g/mol. The van der Waals surface area contributed by atoms with Crippen LogP contribution in [0.25, 0.3) is 0 Å². The lowest BCUT2D eigenvalue weighted by Crippen LogP contribution is -2.49. The second kappa shape index (κ2) is 10.5. The molecule has 3 rings (SSSR count). The minimum atomic E-state index is -0.746. The van der Waals surface area contributed by atoms with Crippen molar-refractivity contribution in [2.75, 3.05) is 25.0 Å². The summed E-state index contributed by atoms with van der Waals surface area (Å²) in [6.07, 6.45) is 1.05. The fraction of sp³-hybridized carbons (Fsp3) is 0.630. The van der Waals surface area contributed by atoms with E-state index in [-0.39, 0.29) is 17.6 Å². The number of carbonyl (C=O) groups excluding carboxylic acids is 2. The second-order valence-electron chi connectivity index (χ2n) is 11.5. The molecular formula is C27H41N5O4. The molecule has 1 fully saturated rings. The molecule has 0 bridgehead atoms. The number of rotatable bonds is 6. The Hall–Kier alpha value is -3.10. The Kier molecular flexibility index (Phi) is 8.00. The van der Waals surface area contributed by atoms with E-state index in [2.05, 4.69) is 31.2 Å². The fourth-order valence-electron chi connectivity index (χ4n) is 4.41. The van der Waals surface area contributed by atoms with Crippen LogP contribution in [0, 0.1) is 12.3 Å². The first kappa shape index (κ1) is 27.5. The largest absolute Gasteiger partial charge is 0.466 e. The monoisotopic (exact) mass is 499 g/mol. The van der Waals surface area contributed by atoms with Crippen molar-refractivity contribution in [3.05, 3.63) is 35.7 Å². The molecular weight excluding hydrogens is 458 g/mol. The molecule has 1 aliphatic heterocycles.